The smallest absolute Gasteiger partial charge is 0.321 e. The van der Waals surface area contributed by atoms with Gasteiger partial charge >= 0.3 is 6.03 Å². The summed E-state index contributed by atoms with van der Waals surface area (Å²) in [5, 5.41) is 2.97. The van der Waals surface area contributed by atoms with Crippen LogP contribution < -0.4 is 15.8 Å². The third-order valence-corrected chi connectivity index (χ3v) is 5.63. The van der Waals surface area contributed by atoms with Crippen LogP contribution >= 0.6 is 0 Å². The van der Waals surface area contributed by atoms with Gasteiger partial charge < -0.3 is 15.1 Å². The van der Waals surface area contributed by atoms with Crippen LogP contribution in [0.15, 0.2) is 41.3 Å². The molecule has 0 aliphatic carbocycles. The Morgan fingerprint density at radius 2 is 1.87 bits per heavy atom. The van der Waals surface area contributed by atoms with Crippen molar-refractivity contribution in [2.24, 2.45) is 0 Å². The molecule has 1 aromatic carbocycles. The van der Waals surface area contributed by atoms with Crippen molar-refractivity contribution in [1.29, 1.82) is 0 Å². The summed E-state index contributed by atoms with van der Waals surface area (Å²) >= 11 is 0. The number of pyridine rings is 1. The van der Waals surface area contributed by atoms with Crippen LogP contribution in [0.5, 0.6) is 0 Å². The van der Waals surface area contributed by atoms with Crippen molar-refractivity contribution < 1.29 is 4.79 Å². The van der Waals surface area contributed by atoms with Gasteiger partial charge in [0.1, 0.15) is 5.52 Å². The van der Waals surface area contributed by atoms with E-state index < -0.39 is 0 Å². The van der Waals surface area contributed by atoms with Crippen molar-refractivity contribution in [2.45, 2.75) is 27.3 Å². The Hall–Kier alpha value is -3.42. The molecule has 0 saturated carbocycles. The topological polar surface area (TPSA) is 83.4 Å². The highest BCUT2D eigenvalue weighted by Gasteiger charge is 2.25. The highest BCUT2D eigenvalue weighted by molar-refractivity contribution is 5.89. The van der Waals surface area contributed by atoms with Gasteiger partial charge in [-0.2, -0.15) is 0 Å². The van der Waals surface area contributed by atoms with Gasteiger partial charge in [-0.05, 0) is 56.2 Å². The van der Waals surface area contributed by atoms with Gasteiger partial charge in [0, 0.05) is 44.6 Å². The van der Waals surface area contributed by atoms with E-state index in [0.29, 0.717) is 49.7 Å². The Balaban J connectivity index is 1.48. The summed E-state index contributed by atoms with van der Waals surface area (Å²) in [6, 6.07) is 9.45. The number of nitrogens with one attached hydrogen (secondary N) is 1. The number of nitrogens with zero attached hydrogens (tertiary/aromatic N) is 5. The third-order valence-electron chi connectivity index (χ3n) is 5.63. The van der Waals surface area contributed by atoms with Gasteiger partial charge in [0.05, 0.1) is 0 Å². The molecule has 1 aliphatic heterocycles. The molecule has 156 valence electrons. The van der Waals surface area contributed by atoms with Gasteiger partial charge in [-0.25, -0.2) is 14.8 Å². The van der Waals surface area contributed by atoms with Gasteiger partial charge in [-0.3, -0.25) is 9.36 Å². The summed E-state index contributed by atoms with van der Waals surface area (Å²) in [7, 11) is 0. The standard InChI is InChI=1S/C22H26N6O2/c1-4-28-19-18(6-5-9-23-19)25-20(21(28)29)26-10-12-27(13-11-26)22(30)24-17-8-7-15(2)16(3)14-17/h5-9,14H,4,10-13H2,1-3H3,(H,24,30). The molecule has 30 heavy (non-hydrogen) atoms. The number of hydrogen-bond donors (Lipinski definition) is 1. The highest BCUT2D eigenvalue weighted by Crippen LogP contribution is 2.17. The lowest BCUT2D eigenvalue weighted by Crippen LogP contribution is -2.51. The number of rotatable bonds is 3. The van der Waals surface area contributed by atoms with E-state index in [4.69, 9.17) is 0 Å². The molecule has 0 radical (unpaired) electrons. The molecule has 1 fully saturated rings. The Morgan fingerprint density at radius 1 is 1.10 bits per heavy atom. The zero-order chi connectivity index (χ0) is 21.3. The maximum absolute atomic E-state index is 13.0. The highest BCUT2D eigenvalue weighted by atomic mass is 16.2. The van der Waals surface area contributed by atoms with E-state index in [-0.39, 0.29) is 11.6 Å². The van der Waals surface area contributed by atoms with E-state index >= 15 is 0 Å². The minimum Gasteiger partial charge on any atom is -0.348 e. The van der Waals surface area contributed by atoms with Crippen LogP contribution in [0.4, 0.5) is 16.3 Å². The summed E-state index contributed by atoms with van der Waals surface area (Å²) in [6.45, 7) is 8.68. The maximum atomic E-state index is 13.0. The monoisotopic (exact) mass is 406 g/mol. The van der Waals surface area contributed by atoms with E-state index in [1.54, 1.807) is 15.7 Å². The number of benzene rings is 1. The number of aromatic nitrogens is 3. The zero-order valence-corrected chi connectivity index (χ0v) is 17.6. The second-order valence-corrected chi connectivity index (χ2v) is 7.53. The van der Waals surface area contributed by atoms with Crippen LogP contribution in [0.3, 0.4) is 0 Å². The number of carbonyl (C=O) groups excluding carboxylic acids is 1. The number of urea groups is 1. The van der Waals surface area contributed by atoms with Crippen LogP contribution in [-0.4, -0.2) is 51.6 Å². The van der Waals surface area contributed by atoms with Crippen LogP contribution in [0.2, 0.25) is 0 Å². The number of piperazine rings is 1. The normalized spacial score (nSPS) is 14.2. The molecule has 4 rings (SSSR count). The summed E-state index contributed by atoms with van der Waals surface area (Å²) in [6.07, 6.45) is 1.67. The van der Waals surface area contributed by atoms with Crippen LogP contribution in [0.25, 0.3) is 11.2 Å². The predicted octanol–water partition coefficient (Wildman–Crippen LogP) is 2.78. The molecule has 3 heterocycles. The fraction of sp³-hybridized carbons (Fsp3) is 0.364. The first-order chi connectivity index (χ1) is 14.5. The molecular weight excluding hydrogens is 380 g/mol. The van der Waals surface area contributed by atoms with Gasteiger partial charge in [-0.15, -0.1) is 0 Å². The molecular formula is C22H26N6O2. The van der Waals surface area contributed by atoms with Crippen molar-refractivity contribution in [3.05, 3.63) is 58.0 Å². The Labute approximate surface area is 175 Å². The Bertz CT molecular complexity index is 1150. The average molecular weight is 406 g/mol. The predicted molar refractivity (Wildman–Crippen MR) is 118 cm³/mol. The van der Waals surface area contributed by atoms with Crippen LogP contribution in [-0.2, 0) is 6.54 Å². The molecule has 0 spiro atoms. The third kappa shape index (κ3) is 3.72. The minimum absolute atomic E-state index is 0.125. The largest absolute Gasteiger partial charge is 0.348 e. The van der Waals surface area contributed by atoms with Crippen molar-refractivity contribution >= 4 is 28.7 Å². The second-order valence-electron chi connectivity index (χ2n) is 7.53. The zero-order valence-electron chi connectivity index (χ0n) is 17.6. The van der Waals surface area contributed by atoms with E-state index in [9.17, 15) is 9.59 Å². The van der Waals surface area contributed by atoms with Crippen molar-refractivity contribution in [3.8, 4) is 0 Å². The van der Waals surface area contributed by atoms with E-state index in [0.717, 1.165) is 11.3 Å². The second kappa shape index (κ2) is 8.14. The first kappa shape index (κ1) is 19.9. The van der Waals surface area contributed by atoms with Gasteiger partial charge in [-0.1, -0.05) is 6.07 Å². The lowest BCUT2D eigenvalue weighted by molar-refractivity contribution is 0.208. The van der Waals surface area contributed by atoms with Crippen molar-refractivity contribution in [3.63, 3.8) is 0 Å². The molecule has 0 unspecified atom stereocenters. The van der Waals surface area contributed by atoms with Crippen molar-refractivity contribution in [1.82, 2.24) is 19.4 Å². The summed E-state index contributed by atoms with van der Waals surface area (Å²) < 4.78 is 1.65. The molecule has 1 saturated heterocycles. The average Bonchev–Trinajstić information content (AvgIpc) is 2.76. The number of hydrogen-bond acceptors (Lipinski definition) is 5. The number of aryl methyl sites for hydroxylation is 3. The summed E-state index contributed by atoms with van der Waals surface area (Å²) in [5.41, 5.74) is 4.28. The molecule has 3 aromatic rings. The van der Waals surface area contributed by atoms with Crippen LogP contribution in [0, 0.1) is 13.8 Å². The number of anilines is 2. The molecule has 1 N–H and O–H groups in total. The summed E-state index contributed by atoms with van der Waals surface area (Å²) in [4.78, 5) is 38.2. The lowest BCUT2D eigenvalue weighted by Gasteiger charge is -2.35. The Morgan fingerprint density at radius 3 is 2.57 bits per heavy atom. The number of amides is 2. The molecule has 0 atom stereocenters. The van der Waals surface area contributed by atoms with E-state index in [2.05, 4.69) is 15.3 Å². The summed E-state index contributed by atoms with van der Waals surface area (Å²) in [5.74, 6) is 0.423. The van der Waals surface area contributed by atoms with Gasteiger partial charge in [0.25, 0.3) is 5.56 Å². The quantitative estimate of drug-likeness (QED) is 0.723. The minimum atomic E-state index is -0.142. The maximum Gasteiger partial charge on any atom is 0.321 e. The Kier molecular flexibility index (Phi) is 5.39. The molecule has 0 bridgehead atoms. The SMILES string of the molecule is CCn1c(=O)c(N2CCN(C(=O)Nc3ccc(C)c(C)c3)CC2)nc2cccnc21. The first-order valence-electron chi connectivity index (χ1n) is 10.2. The molecule has 2 aromatic heterocycles. The van der Waals surface area contributed by atoms with Crippen molar-refractivity contribution in [2.75, 3.05) is 36.4 Å². The van der Waals surface area contributed by atoms with Gasteiger partial charge in [0.15, 0.2) is 11.5 Å². The molecule has 8 heteroatoms. The van der Waals surface area contributed by atoms with Crippen LogP contribution in [0.1, 0.15) is 18.1 Å². The first-order valence-corrected chi connectivity index (χ1v) is 10.2. The number of carbonyl (C=O) groups is 1. The van der Waals surface area contributed by atoms with E-state index in [1.807, 2.05) is 56.0 Å². The molecule has 8 nitrogen and oxygen atoms in total. The van der Waals surface area contributed by atoms with E-state index in [1.165, 1.54) is 5.56 Å². The molecule has 1 aliphatic rings. The fourth-order valence-electron chi connectivity index (χ4n) is 3.70. The van der Waals surface area contributed by atoms with Gasteiger partial charge in [0.2, 0.25) is 0 Å². The molecule has 2 amide bonds. The fourth-order valence-corrected chi connectivity index (χ4v) is 3.70. The number of fused-ring (bicyclic) bond motifs is 1. The lowest BCUT2D eigenvalue weighted by atomic mass is 10.1.